The first-order chi connectivity index (χ1) is 14.8. The molecule has 2 N–H and O–H groups in total. The number of carbonyl (C=O) groups is 4. The van der Waals surface area contributed by atoms with Crippen LogP contribution < -0.4 is 10.2 Å². The molecule has 1 aliphatic rings. The lowest BCUT2D eigenvalue weighted by Gasteiger charge is -2.26. The fraction of sp³-hybridized carbons (Fsp3) is 0. The summed E-state index contributed by atoms with van der Waals surface area (Å²) in [5.41, 5.74) is 0.386. The number of carboxylic acids is 1. The van der Waals surface area contributed by atoms with E-state index in [0.29, 0.717) is 10.0 Å². The van der Waals surface area contributed by atoms with Gasteiger partial charge in [-0.1, -0.05) is 40.2 Å². The molecule has 1 saturated heterocycles. The third-order valence-electron chi connectivity index (χ3n) is 4.50. The molecular formula is C22H13BrN2O6. The van der Waals surface area contributed by atoms with Crippen LogP contribution in [0.25, 0.3) is 17.4 Å². The molecule has 0 aliphatic carbocycles. The van der Waals surface area contributed by atoms with Gasteiger partial charge in [0.2, 0.25) is 0 Å². The van der Waals surface area contributed by atoms with Gasteiger partial charge in [0, 0.05) is 10.0 Å². The highest BCUT2D eigenvalue weighted by molar-refractivity contribution is 9.10. The number of benzene rings is 2. The second-order valence-electron chi connectivity index (χ2n) is 6.49. The minimum absolute atomic E-state index is 0.0500. The van der Waals surface area contributed by atoms with Crippen LogP contribution in [-0.2, 0) is 9.59 Å². The minimum atomic E-state index is -1.11. The Bertz CT molecular complexity index is 1280. The number of amides is 4. The summed E-state index contributed by atoms with van der Waals surface area (Å²) in [7, 11) is 0. The molecule has 4 rings (SSSR count). The van der Waals surface area contributed by atoms with Crippen molar-refractivity contribution in [2.75, 3.05) is 4.90 Å². The number of carboxylic acid groups (broad SMARTS) is 1. The minimum Gasteiger partial charge on any atom is -0.478 e. The molecule has 2 heterocycles. The normalized spacial score (nSPS) is 15.3. The van der Waals surface area contributed by atoms with Crippen molar-refractivity contribution in [3.8, 4) is 11.3 Å². The maximum absolute atomic E-state index is 12.9. The molecule has 1 aliphatic heterocycles. The Morgan fingerprint density at radius 2 is 1.81 bits per heavy atom. The second-order valence-corrected chi connectivity index (χ2v) is 7.41. The van der Waals surface area contributed by atoms with Crippen molar-refractivity contribution in [2.45, 2.75) is 0 Å². The van der Waals surface area contributed by atoms with Gasteiger partial charge in [0.15, 0.2) is 0 Å². The van der Waals surface area contributed by atoms with Crippen molar-refractivity contribution in [3.63, 3.8) is 0 Å². The first-order valence-corrected chi connectivity index (χ1v) is 9.74. The highest BCUT2D eigenvalue weighted by Crippen LogP contribution is 2.28. The third kappa shape index (κ3) is 3.90. The smallest absolute Gasteiger partial charge is 0.336 e. The molecule has 31 heavy (non-hydrogen) atoms. The van der Waals surface area contributed by atoms with Crippen LogP contribution in [0.3, 0.4) is 0 Å². The van der Waals surface area contributed by atoms with Crippen molar-refractivity contribution in [1.82, 2.24) is 5.32 Å². The number of halogens is 1. The SMILES string of the molecule is O=C1NC(=O)N(c2cccc(Br)c2)C(=O)/C1=C/c1ccc(-c2ccccc2C(=O)O)o1. The zero-order valence-corrected chi connectivity index (χ0v) is 17.3. The number of aromatic carboxylic acids is 1. The summed E-state index contributed by atoms with van der Waals surface area (Å²) in [5.74, 6) is -2.37. The van der Waals surface area contributed by atoms with Crippen LogP contribution in [0.1, 0.15) is 16.1 Å². The molecule has 8 nitrogen and oxygen atoms in total. The lowest BCUT2D eigenvalue weighted by atomic mass is 10.1. The largest absolute Gasteiger partial charge is 0.478 e. The van der Waals surface area contributed by atoms with Gasteiger partial charge >= 0.3 is 12.0 Å². The zero-order chi connectivity index (χ0) is 22.1. The van der Waals surface area contributed by atoms with E-state index in [1.807, 2.05) is 0 Å². The number of nitrogens with one attached hydrogen (secondary N) is 1. The topological polar surface area (TPSA) is 117 Å². The summed E-state index contributed by atoms with van der Waals surface area (Å²) in [4.78, 5) is 49.8. The molecule has 3 aromatic rings. The first kappa shape index (κ1) is 20.3. The summed E-state index contributed by atoms with van der Waals surface area (Å²) >= 11 is 3.28. The van der Waals surface area contributed by atoms with Crippen LogP contribution in [0.4, 0.5) is 10.5 Å². The molecule has 0 saturated carbocycles. The molecule has 9 heteroatoms. The van der Waals surface area contributed by atoms with E-state index in [-0.39, 0.29) is 28.3 Å². The summed E-state index contributed by atoms with van der Waals surface area (Å²) in [5, 5.41) is 11.5. The molecule has 1 aromatic heterocycles. The van der Waals surface area contributed by atoms with Crippen LogP contribution >= 0.6 is 15.9 Å². The van der Waals surface area contributed by atoms with Gasteiger partial charge in [-0.05, 0) is 42.5 Å². The van der Waals surface area contributed by atoms with Gasteiger partial charge in [-0.15, -0.1) is 0 Å². The Balaban J connectivity index is 1.70. The second kappa shape index (κ2) is 8.04. The standard InChI is InChI=1S/C22H13BrN2O6/c23-12-4-3-5-13(10-12)25-20(27)17(19(26)24-22(25)30)11-14-8-9-18(31-14)15-6-1-2-7-16(15)21(28)29/h1-11H,(H,28,29)(H,24,26,30)/b17-11+. The van der Waals surface area contributed by atoms with Crippen molar-refractivity contribution >= 4 is 51.5 Å². The van der Waals surface area contributed by atoms with Gasteiger partial charge < -0.3 is 9.52 Å². The number of imide groups is 2. The predicted molar refractivity (Wildman–Crippen MR) is 114 cm³/mol. The van der Waals surface area contributed by atoms with E-state index >= 15 is 0 Å². The first-order valence-electron chi connectivity index (χ1n) is 8.94. The number of barbiturate groups is 1. The summed E-state index contributed by atoms with van der Waals surface area (Å²) in [6.07, 6.45) is 1.21. The van der Waals surface area contributed by atoms with E-state index in [2.05, 4.69) is 21.2 Å². The average molecular weight is 481 g/mol. The molecule has 0 unspecified atom stereocenters. The fourth-order valence-electron chi connectivity index (χ4n) is 3.11. The Kier molecular flexibility index (Phi) is 5.26. The Morgan fingerprint density at radius 1 is 1.03 bits per heavy atom. The fourth-order valence-corrected chi connectivity index (χ4v) is 3.50. The van der Waals surface area contributed by atoms with Gasteiger partial charge in [0.25, 0.3) is 11.8 Å². The third-order valence-corrected chi connectivity index (χ3v) is 5.00. The number of carbonyl (C=O) groups excluding carboxylic acids is 3. The van der Waals surface area contributed by atoms with Crippen molar-refractivity contribution in [1.29, 1.82) is 0 Å². The molecule has 0 spiro atoms. The number of nitrogens with zero attached hydrogens (tertiary/aromatic N) is 1. The van der Waals surface area contributed by atoms with E-state index in [9.17, 15) is 24.3 Å². The van der Waals surface area contributed by atoms with Gasteiger partial charge in [0.1, 0.15) is 17.1 Å². The number of hydrogen-bond acceptors (Lipinski definition) is 5. The maximum atomic E-state index is 12.9. The lowest BCUT2D eigenvalue weighted by molar-refractivity contribution is -0.122. The quantitative estimate of drug-likeness (QED) is 0.429. The Morgan fingerprint density at radius 3 is 2.55 bits per heavy atom. The number of hydrogen-bond donors (Lipinski definition) is 2. The van der Waals surface area contributed by atoms with Crippen LogP contribution in [-0.4, -0.2) is 28.9 Å². The predicted octanol–water partition coefficient (Wildman–Crippen LogP) is 4.07. The number of anilines is 1. The van der Waals surface area contributed by atoms with Crippen molar-refractivity contribution < 1.29 is 28.7 Å². The van der Waals surface area contributed by atoms with E-state index in [1.54, 1.807) is 42.5 Å². The highest BCUT2D eigenvalue weighted by Gasteiger charge is 2.37. The Hall–Kier alpha value is -3.98. The van der Waals surface area contributed by atoms with Crippen molar-refractivity contribution in [3.05, 3.63) is 82.0 Å². The molecule has 2 aromatic carbocycles. The van der Waals surface area contributed by atoms with Gasteiger partial charge in [0.05, 0.1) is 11.3 Å². The molecule has 4 amide bonds. The van der Waals surface area contributed by atoms with Crippen LogP contribution in [0.15, 0.2) is 75.1 Å². The van der Waals surface area contributed by atoms with E-state index in [0.717, 1.165) is 4.90 Å². The summed E-state index contributed by atoms with van der Waals surface area (Å²) < 4.78 is 6.32. The maximum Gasteiger partial charge on any atom is 0.336 e. The molecule has 0 atom stereocenters. The van der Waals surface area contributed by atoms with Crippen LogP contribution in [0.5, 0.6) is 0 Å². The number of furan rings is 1. The Labute approximate surface area is 183 Å². The van der Waals surface area contributed by atoms with E-state index in [1.165, 1.54) is 24.3 Å². The number of urea groups is 1. The molecule has 0 radical (unpaired) electrons. The van der Waals surface area contributed by atoms with E-state index < -0.39 is 23.8 Å². The molecule has 0 bridgehead atoms. The van der Waals surface area contributed by atoms with Gasteiger partial charge in [-0.2, -0.15) is 0 Å². The van der Waals surface area contributed by atoms with Gasteiger partial charge in [-0.25, -0.2) is 14.5 Å². The average Bonchev–Trinajstić information content (AvgIpc) is 3.19. The zero-order valence-electron chi connectivity index (χ0n) is 15.7. The summed E-state index contributed by atoms with van der Waals surface area (Å²) in [6, 6.07) is 15.0. The van der Waals surface area contributed by atoms with Crippen molar-refractivity contribution in [2.24, 2.45) is 0 Å². The lowest BCUT2D eigenvalue weighted by Crippen LogP contribution is -2.54. The highest BCUT2D eigenvalue weighted by atomic mass is 79.9. The van der Waals surface area contributed by atoms with E-state index in [4.69, 9.17) is 4.42 Å². The molecule has 154 valence electrons. The number of rotatable bonds is 4. The van der Waals surface area contributed by atoms with Gasteiger partial charge in [-0.3, -0.25) is 14.9 Å². The summed E-state index contributed by atoms with van der Waals surface area (Å²) in [6.45, 7) is 0. The van der Waals surface area contributed by atoms with Crippen LogP contribution in [0.2, 0.25) is 0 Å². The van der Waals surface area contributed by atoms with Crippen LogP contribution in [0, 0.1) is 0 Å². The molecule has 1 fully saturated rings. The monoisotopic (exact) mass is 480 g/mol. The molecular weight excluding hydrogens is 468 g/mol.